The van der Waals surface area contributed by atoms with E-state index in [4.69, 9.17) is 9.57 Å². The molecule has 85 valence electrons. The third kappa shape index (κ3) is 8.48. The first-order valence-electron chi connectivity index (χ1n) is 5.79. The molecule has 1 atom stereocenters. The number of nitrogens with zero attached hydrogens (tertiary/aromatic N) is 1. The molecule has 1 radical (unpaired) electrons. The Morgan fingerprint density at radius 2 is 1.86 bits per heavy atom. The van der Waals surface area contributed by atoms with E-state index >= 15 is 0 Å². The highest BCUT2D eigenvalue weighted by atomic mass is 16.8. The van der Waals surface area contributed by atoms with E-state index in [1.165, 1.54) is 0 Å². The van der Waals surface area contributed by atoms with Gasteiger partial charge in [0.25, 0.3) is 0 Å². The van der Waals surface area contributed by atoms with E-state index in [1.54, 1.807) is 0 Å². The minimum absolute atomic E-state index is 0.128. The lowest BCUT2D eigenvalue weighted by atomic mass is 10.3. The molecule has 0 fully saturated rings. The summed E-state index contributed by atoms with van der Waals surface area (Å²) in [6.45, 7) is 7.90. The molecule has 0 aliphatic rings. The zero-order valence-electron chi connectivity index (χ0n) is 9.79. The van der Waals surface area contributed by atoms with Crippen molar-refractivity contribution < 1.29 is 9.57 Å². The topological polar surface area (TPSA) is 32.6 Å². The van der Waals surface area contributed by atoms with Gasteiger partial charge < -0.3 is 4.74 Å². The van der Waals surface area contributed by atoms with Gasteiger partial charge in [0.15, 0.2) is 6.29 Å². The summed E-state index contributed by atoms with van der Waals surface area (Å²) in [5.41, 5.74) is 4.01. The Bertz CT molecular complexity index is 109. The van der Waals surface area contributed by atoms with Crippen molar-refractivity contribution in [3.63, 3.8) is 0 Å². The van der Waals surface area contributed by atoms with Gasteiger partial charge in [-0.3, -0.25) is 4.84 Å². The SMILES string of the molecule is CCCC[N]OC(CCC)OCCC. The zero-order valence-corrected chi connectivity index (χ0v) is 9.79. The van der Waals surface area contributed by atoms with Crippen LogP contribution in [0.4, 0.5) is 0 Å². The van der Waals surface area contributed by atoms with Gasteiger partial charge in [-0.25, -0.2) is 0 Å². The fourth-order valence-corrected chi connectivity index (χ4v) is 1.01. The zero-order chi connectivity index (χ0) is 10.6. The number of hydroxylamine groups is 1. The van der Waals surface area contributed by atoms with Crippen LogP contribution < -0.4 is 5.48 Å². The summed E-state index contributed by atoms with van der Waals surface area (Å²) in [6, 6.07) is 0. The summed E-state index contributed by atoms with van der Waals surface area (Å²) in [7, 11) is 0. The van der Waals surface area contributed by atoms with Gasteiger partial charge in [-0.05, 0) is 19.3 Å². The normalized spacial score (nSPS) is 13.1. The smallest absolute Gasteiger partial charge is 0.179 e. The largest absolute Gasteiger partial charge is 0.351 e. The van der Waals surface area contributed by atoms with Gasteiger partial charge in [-0.1, -0.05) is 39.1 Å². The van der Waals surface area contributed by atoms with Gasteiger partial charge in [0.2, 0.25) is 0 Å². The maximum Gasteiger partial charge on any atom is 0.179 e. The third-order valence-electron chi connectivity index (χ3n) is 1.83. The van der Waals surface area contributed by atoms with Crippen molar-refractivity contribution in [3.05, 3.63) is 0 Å². The number of rotatable bonds is 10. The predicted molar refractivity (Wildman–Crippen MR) is 57.9 cm³/mol. The Hall–Kier alpha value is -0.120. The quantitative estimate of drug-likeness (QED) is 0.310. The Morgan fingerprint density at radius 1 is 1.07 bits per heavy atom. The van der Waals surface area contributed by atoms with E-state index in [2.05, 4.69) is 26.3 Å². The van der Waals surface area contributed by atoms with Gasteiger partial charge in [0.05, 0.1) is 0 Å². The summed E-state index contributed by atoms with van der Waals surface area (Å²) < 4.78 is 5.50. The summed E-state index contributed by atoms with van der Waals surface area (Å²) in [6.07, 6.45) is 5.14. The number of hydrogen-bond acceptors (Lipinski definition) is 2. The van der Waals surface area contributed by atoms with Crippen molar-refractivity contribution in [3.8, 4) is 0 Å². The van der Waals surface area contributed by atoms with Crippen molar-refractivity contribution in [2.75, 3.05) is 13.2 Å². The predicted octanol–water partition coefficient (Wildman–Crippen LogP) is 2.88. The van der Waals surface area contributed by atoms with E-state index in [0.717, 1.165) is 45.3 Å². The highest BCUT2D eigenvalue weighted by Gasteiger charge is 2.07. The Balaban J connectivity index is 3.40. The Kier molecular flexibility index (Phi) is 10.9. The first kappa shape index (κ1) is 13.9. The molecule has 0 aromatic carbocycles. The highest BCUT2D eigenvalue weighted by molar-refractivity contribution is 4.43. The van der Waals surface area contributed by atoms with E-state index < -0.39 is 0 Å². The monoisotopic (exact) mass is 202 g/mol. The molecular formula is C11H24NO2. The van der Waals surface area contributed by atoms with E-state index in [1.807, 2.05) is 0 Å². The van der Waals surface area contributed by atoms with Crippen LogP contribution in [0.15, 0.2) is 0 Å². The van der Waals surface area contributed by atoms with E-state index in [9.17, 15) is 0 Å². The fraction of sp³-hybridized carbons (Fsp3) is 1.00. The molecule has 14 heavy (non-hydrogen) atoms. The molecule has 3 nitrogen and oxygen atoms in total. The van der Waals surface area contributed by atoms with Crippen LogP contribution in [0, 0.1) is 0 Å². The summed E-state index contributed by atoms with van der Waals surface area (Å²) in [5, 5.41) is 0. The highest BCUT2D eigenvalue weighted by Crippen LogP contribution is 2.03. The lowest BCUT2D eigenvalue weighted by molar-refractivity contribution is -0.186. The van der Waals surface area contributed by atoms with Gasteiger partial charge in [0, 0.05) is 13.2 Å². The van der Waals surface area contributed by atoms with Crippen LogP contribution in [0.2, 0.25) is 0 Å². The molecule has 0 saturated carbocycles. The van der Waals surface area contributed by atoms with Gasteiger partial charge in [0.1, 0.15) is 0 Å². The van der Waals surface area contributed by atoms with Gasteiger partial charge in [-0.2, -0.15) is 0 Å². The molecule has 0 spiro atoms. The second-order valence-corrected chi connectivity index (χ2v) is 3.40. The molecule has 0 aliphatic heterocycles. The molecule has 1 unspecified atom stereocenters. The molecule has 0 amide bonds. The third-order valence-corrected chi connectivity index (χ3v) is 1.83. The van der Waals surface area contributed by atoms with Gasteiger partial charge >= 0.3 is 0 Å². The average Bonchev–Trinajstić information content (AvgIpc) is 2.20. The molecule has 0 heterocycles. The number of ether oxygens (including phenoxy) is 1. The average molecular weight is 202 g/mol. The second-order valence-electron chi connectivity index (χ2n) is 3.40. The summed E-state index contributed by atoms with van der Waals surface area (Å²) >= 11 is 0. The maximum absolute atomic E-state index is 5.50. The van der Waals surface area contributed by atoms with Gasteiger partial charge in [-0.15, -0.1) is 0 Å². The molecule has 0 bridgehead atoms. The summed E-state index contributed by atoms with van der Waals surface area (Å²) in [5.74, 6) is 0. The van der Waals surface area contributed by atoms with E-state index in [0.29, 0.717) is 0 Å². The molecular weight excluding hydrogens is 178 g/mol. The van der Waals surface area contributed by atoms with Crippen LogP contribution in [-0.2, 0) is 9.57 Å². The molecule has 0 N–H and O–H groups in total. The number of unbranched alkanes of at least 4 members (excludes halogenated alkanes) is 1. The van der Waals surface area contributed by atoms with Crippen molar-refractivity contribution in [1.82, 2.24) is 5.48 Å². The number of hydrogen-bond donors (Lipinski definition) is 0. The fourth-order valence-electron chi connectivity index (χ4n) is 1.01. The maximum atomic E-state index is 5.50. The van der Waals surface area contributed by atoms with Crippen molar-refractivity contribution >= 4 is 0 Å². The molecule has 0 rings (SSSR count). The molecule has 3 heteroatoms. The first-order valence-corrected chi connectivity index (χ1v) is 5.79. The van der Waals surface area contributed by atoms with Crippen molar-refractivity contribution in [1.29, 1.82) is 0 Å². The van der Waals surface area contributed by atoms with Crippen LogP contribution in [-0.4, -0.2) is 19.4 Å². The molecule has 0 aliphatic carbocycles. The minimum atomic E-state index is -0.128. The Morgan fingerprint density at radius 3 is 2.43 bits per heavy atom. The molecule has 0 aromatic rings. The Labute approximate surface area is 88.1 Å². The molecule has 0 aromatic heterocycles. The second kappa shape index (κ2) is 11.0. The van der Waals surface area contributed by atoms with Crippen LogP contribution >= 0.6 is 0 Å². The van der Waals surface area contributed by atoms with Crippen molar-refractivity contribution in [2.45, 2.75) is 59.2 Å². The lowest BCUT2D eigenvalue weighted by Crippen LogP contribution is -2.23. The minimum Gasteiger partial charge on any atom is -0.351 e. The summed E-state index contributed by atoms with van der Waals surface area (Å²) in [4.78, 5) is 5.29. The van der Waals surface area contributed by atoms with E-state index in [-0.39, 0.29) is 6.29 Å². The lowest BCUT2D eigenvalue weighted by Gasteiger charge is -2.15. The van der Waals surface area contributed by atoms with Crippen LogP contribution in [0.5, 0.6) is 0 Å². The molecule has 0 saturated heterocycles. The van der Waals surface area contributed by atoms with Crippen LogP contribution in [0.3, 0.4) is 0 Å². The van der Waals surface area contributed by atoms with Crippen LogP contribution in [0.25, 0.3) is 0 Å². The first-order chi connectivity index (χ1) is 6.85. The van der Waals surface area contributed by atoms with Crippen molar-refractivity contribution in [2.24, 2.45) is 0 Å². The standard InChI is InChI=1S/C11H24NO2/c1-4-7-9-12-14-11(8-5-2)13-10-6-3/h11H,4-10H2,1-3H3. The van der Waals surface area contributed by atoms with Crippen LogP contribution in [0.1, 0.15) is 52.9 Å².